The summed E-state index contributed by atoms with van der Waals surface area (Å²) in [6, 6.07) is 5.93. The lowest BCUT2D eigenvalue weighted by Gasteiger charge is -2.30. The molecule has 0 spiro atoms. The molecule has 0 atom stereocenters. The van der Waals surface area contributed by atoms with Crippen molar-refractivity contribution in [2.45, 2.75) is 39.7 Å². The summed E-state index contributed by atoms with van der Waals surface area (Å²) in [5.74, 6) is 0.458. The molecule has 3 nitrogen and oxygen atoms in total. The fourth-order valence-corrected chi connectivity index (χ4v) is 3.45. The number of H-pyrrole nitrogens is 1. The second-order valence-corrected chi connectivity index (χ2v) is 6.23. The lowest BCUT2D eigenvalue weighted by Crippen LogP contribution is -2.39. The first kappa shape index (κ1) is 14.5. The van der Waals surface area contributed by atoms with Crippen LogP contribution in [-0.2, 0) is 17.8 Å². The van der Waals surface area contributed by atoms with Gasteiger partial charge in [-0.2, -0.15) is 0 Å². The van der Waals surface area contributed by atoms with Crippen LogP contribution >= 0.6 is 11.6 Å². The Labute approximate surface area is 130 Å². The number of hydrogen-bond acceptors (Lipinski definition) is 1. The third-order valence-corrected chi connectivity index (χ3v) is 4.82. The minimum atomic E-state index is 0.159. The van der Waals surface area contributed by atoms with E-state index in [1.54, 1.807) is 0 Å². The van der Waals surface area contributed by atoms with E-state index in [0.717, 1.165) is 36.3 Å². The average molecular weight is 305 g/mol. The zero-order valence-electron chi connectivity index (χ0n) is 12.6. The Hall–Kier alpha value is -1.48. The van der Waals surface area contributed by atoms with Crippen LogP contribution in [0, 0.1) is 5.92 Å². The number of benzene rings is 1. The standard InChI is InChI=1S/C17H21ClN2O/c1-3-11(4-2)17(21)20-8-7-15-14(10-20)13-6-5-12(18)9-16(13)19-15/h5-6,9,11,19H,3-4,7-8,10H2,1-2H3. The van der Waals surface area contributed by atoms with Crippen LogP contribution in [0.25, 0.3) is 10.9 Å². The molecule has 0 saturated carbocycles. The quantitative estimate of drug-likeness (QED) is 0.909. The zero-order valence-corrected chi connectivity index (χ0v) is 13.3. The highest BCUT2D eigenvalue weighted by atomic mass is 35.5. The zero-order chi connectivity index (χ0) is 15.0. The number of aromatic amines is 1. The molecule has 3 rings (SSSR count). The summed E-state index contributed by atoms with van der Waals surface area (Å²) >= 11 is 6.06. The monoisotopic (exact) mass is 304 g/mol. The second kappa shape index (κ2) is 5.72. The Balaban J connectivity index is 1.91. The highest BCUT2D eigenvalue weighted by Crippen LogP contribution is 2.30. The topological polar surface area (TPSA) is 36.1 Å². The number of fused-ring (bicyclic) bond motifs is 3. The Kier molecular flexibility index (Phi) is 3.94. The van der Waals surface area contributed by atoms with Gasteiger partial charge in [-0.1, -0.05) is 31.5 Å². The molecule has 1 N–H and O–H groups in total. The van der Waals surface area contributed by atoms with Crippen molar-refractivity contribution >= 4 is 28.4 Å². The molecular weight excluding hydrogens is 284 g/mol. The van der Waals surface area contributed by atoms with E-state index < -0.39 is 0 Å². The summed E-state index contributed by atoms with van der Waals surface area (Å²) in [6.45, 7) is 5.71. The van der Waals surface area contributed by atoms with Gasteiger partial charge in [0.05, 0.1) is 0 Å². The molecule has 112 valence electrons. The molecule has 0 aliphatic carbocycles. The fourth-order valence-electron chi connectivity index (χ4n) is 3.28. The smallest absolute Gasteiger partial charge is 0.225 e. The third-order valence-electron chi connectivity index (χ3n) is 4.58. The highest BCUT2D eigenvalue weighted by Gasteiger charge is 2.27. The van der Waals surface area contributed by atoms with Crippen LogP contribution < -0.4 is 0 Å². The Bertz CT molecular complexity index is 673. The van der Waals surface area contributed by atoms with Gasteiger partial charge in [-0.3, -0.25) is 4.79 Å². The van der Waals surface area contributed by atoms with Gasteiger partial charge in [-0.05, 0) is 25.0 Å². The molecule has 21 heavy (non-hydrogen) atoms. The van der Waals surface area contributed by atoms with E-state index in [0.29, 0.717) is 12.5 Å². The lowest BCUT2D eigenvalue weighted by molar-refractivity contribution is -0.136. The second-order valence-electron chi connectivity index (χ2n) is 5.80. The van der Waals surface area contributed by atoms with Crippen LogP contribution in [0.2, 0.25) is 5.02 Å². The Morgan fingerprint density at radius 1 is 1.38 bits per heavy atom. The summed E-state index contributed by atoms with van der Waals surface area (Å²) in [4.78, 5) is 18.0. The van der Waals surface area contributed by atoms with Crippen LogP contribution in [0.1, 0.15) is 37.9 Å². The first-order valence-corrected chi connectivity index (χ1v) is 8.09. The van der Waals surface area contributed by atoms with E-state index >= 15 is 0 Å². The molecule has 2 aromatic rings. The van der Waals surface area contributed by atoms with Gasteiger partial charge in [0.15, 0.2) is 0 Å². The molecule has 2 heterocycles. The van der Waals surface area contributed by atoms with Crippen molar-refractivity contribution in [2.75, 3.05) is 6.54 Å². The number of nitrogens with zero attached hydrogens (tertiary/aromatic N) is 1. The number of nitrogens with one attached hydrogen (secondary N) is 1. The molecule has 0 fully saturated rings. The molecule has 1 aliphatic heterocycles. The largest absolute Gasteiger partial charge is 0.358 e. The van der Waals surface area contributed by atoms with Gasteiger partial charge >= 0.3 is 0 Å². The fraction of sp³-hybridized carbons (Fsp3) is 0.471. The molecule has 0 radical (unpaired) electrons. The van der Waals surface area contributed by atoms with Crippen molar-refractivity contribution in [1.29, 1.82) is 0 Å². The van der Waals surface area contributed by atoms with E-state index in [4.69, 9.17) is 11.6 Å². The van der Waals surface area contributed by atoms with Gasteiger partial charge in [0.2, 0.25) is 5.91 Å². The number of hydrogen-bond donors (Lipinski definition) is 1. The Morgan fingerprint density at radius 2 is 2.14 bits per heavy atom. The van der Waals surface area contributed by atoms with Crippen molar-refractivity contribution in [3.8, 4) is 0 Å². The third kappa shape index (κ3) is 2.55. The number of rotatable bonds is 3. The predicted molar refractivity (Wildman–Crippen MR) is 86.5 cm³/mol. The summed E-state index contributed by atoms with van der Waals surface area (Å²) < 4.78 is 0. The number of carbonyl (C=O) groups excluding carboxylic acids is 1. The summed E-state index contributed by atoms with van der Waals surface area (Å²) in [7, 11) is 0. The molecule has 4 heteroatoms. The van der Waals surface area contributed by atoms with Crippen molar-refractivity contribution in [3.63, 3.8) is 0 Å². The minimum absolute atomic E-state index is 0.159. The van der Waals surface area contributed by atoms with E-state index in [1.807, 2.05) is 17.0 Å². The first-order chi connectivity index (χ1) is 10.1. The van der Waals surface area contributed by atoms with Gasteiger partial charge in [0.25, 0.3) is 0 Å². The molecule has 1 aliphatic rings. The number of carbonyl (C=O) groups is 1. The van der Waals surface area contributed by atoms with Gasteiger partial charge < -0.3 is 9.88 Å². The van der Waals surface area contributed by atoms with Crippen LogP contribution in [0.4, 0.5) is 0 Å². The first-order valence-electron chi connectivity index (χ1n) is 7.71. The van der Waals surface area contributed by atoms with E-state index in [-0.39, 0.29) is 5.92 Å². The summed E-state index contributed by atoms with van der Waals surface area (Å²) in [5.41, 5.74) is 3.58. The SMILES string of the molecule is CCC(CC)C(=O)N1CCc2[nH]c3cc(Cl)ccc3c2C1. The van der Waals surface area contributed by atoms with Gasteiger partial charge in [-0.25, -0.2) is 0 Å². The van der Waals surface area contributed by atoms with Gasteiger partial charge in [0, 0.05) is 52.6 Å². The number of amides is 1. The summed E-state index contributed by atoms with van der Waals surface area (Å²) in [6.07, 6.45) is 2.73. The van der Waals surface area contributed by atoms with E-state index in [9.17, 15) is 4.79 Å². The predicted octanol–water partition coefficient (Wildman–Crippen LogP) is 4.14. The van der Waals surface area contributed by atoms with E-state index in [1.165, 1.54) is 16.6 Å². The maximum absolute atomic E-state index is 12.6. The van der Waals surface area contributed by atoms with Crippen molar-refractivity contribution in [1.82, 2.24) is 9.88 Å². The van der Waals surface area contributed by atoms with Crippen LogP contribution in [0.3, 0.4) is 0 Å². The van der Waals surface area contributed by atoms with Crippen LogP contribution in [0.5, 0.6) is 0 Å². The van der Waals surface area contributed by atoms with Crippen molar-refractivity contribution < 1.29 is 4.79 Å². The van der Waals surface area contributed by atoms with Gasteiger partial charge in [-0.15, -0.1) is 0 Å². The summed E-state index contributed by atoms with van der Waals surface area (Å²) in [5, 5.41) is 1.93. The van der Waals surface area contributed by atoms with Gasteiger partial charge in [0.1, 0.15) is 0 Å². The van der Waals surface area contributed by atoms with E-state index in [2.05, 4.69) is 24.9 Å². The number of halogens is 1. The Morgan fingerprint density at radius 3 is 2.86 bits per heavy atom. The lowest BCUT2D eigenvalue weighted by atomic mass is 9.98. The average Bonchev–Trinajstić information content (AvgIpc) is 2.84. The molecule has 1 aromatic heterocycles. The highest BCUT2D eigenvalue weighted by molar-refractivity contribution is 6.31. The molecule has 0 saturated heterocycles. The van der Waals surface area contributed by atoms with Crippen molar-refractivity contribution in [3.05, 3.63) is 34.5 Å². The molecule has 0 unspecified atom stereocenters. The maximum atomic E-state index is 12.6. The molecule has 0 bridgehead atoms. The normalized spacial score (nSPS) is 14.8. The number of aromatic nitrogens is 1. The van der Waals surface area contributed by atoms with Crippen LogP contribution in [0.15, 0.2) is 18.2 Å². The molecular formula is C17H21ClN2O. The molecule has 1 amide bonds. The van der Waals surface area contributed by atoms with Crippen molar-refractivity contribution in [2.24, 2.45) is 5.92 Å². The molecule has 1 aromatic carbocycles. The van der Waals surface area contributed by atoms with Crippen LogP contribution in [-0.4, -0.2) is 22.3 Å². The minimum Gasteiger partial charge on any atom is -0.358 e. The maximum Gasteiger partial charge on any atom is 0.225 e.